The van der Waals surface area contributed by atoms with Crippen LogP contribution < -0.4 is 9.04 Å². The average molecular weight is 480 g/mol. The third kappa shape index (κ3) is 5.10. The van der Waals surface area contributed by atoms with Crippen LogP contribution in [0, 0.1) is 6.92 Å². The monoisotopic (exact) mass is 479 g/mol. The van der Waals surface area contributed by atoms with Crippen LogP contribution in [0.2, 0.25) is 0 Å². The van der Waals surface area contributed by atoms with E-state index in [1.54, 1.807) is 24.1 Å². The molecule has 1 unspecified atom stereocenters. The second kappa shape index (κ2) is 10.2. The van der Waals surface area contributed by atoms with E-state index in [2.05, 4.69) is 16.4 Å². The fraction of sp³-hybridized carbons (Fsp3) is 0.370. The van der Waals surface area contributed by atoms with Crippen molar-refractivity contribution in [1.29, 1.82) is 0 Å². The highest BCUT2D eigenvalue weighted by Crippen LogP contribution is 2.41. The Morgan fingerprint density at radius 2 is 1.88 bits per heavy atom. The molecule has 0 N–H and O–H groups in total. The molecule has 2 heterocycles. The second-order valence-electron chi connectivity index (χ2n) is 8.72. The number of nitrogens with zero attached hydrogens (tertiary/aromatic N) is 1. The lowest BCUT2D eigenvalue weighted by Crippen LogP contribution is -2.37. The minimum Gasteiger partial charge on any atom is -0.487 e. The number of ether oxygens (including phenoxy) is 3. The first kappa shape index (κ1) is 22.9. The molecule has 7 heteroatoms. The zero-order valence-corrected chi connectivity index (χ0v) is 20.4. The molecule has 178 valence electrons. The lowest BCUT2D eigenvalue weighted by Gasteiger charge is -2.33. The number of carbonyl (C=O) groups excluding carboxylic acids is 1. The third-order valence-corrected chi connectivity index (χ3v) is 7.26. The molecule has 1 aliphatic carbocycles. The summed E-state index contributed by atoms with van der Waals surface area (Å²) in [5.74, 6) is 1.41. The standard InChI is InChI=1S/C27H29NO5S/c1-18-6-11-26(33-18)34-28(16-23-12-13-31-23)24-14-21-4-3-5-22(21)15-25(24)32-17-19-7-9-20(10-8-19)27(29)30-2/h6-11,14-15,23H,3-5,12-13,16-17H2,1-2H3. The van der Waals surface area contributed by atoms with Gasteiger partial charge in [0.15, 0.2) is 5.09 Å². The van der Waals surface area contributed by atoms with Crippen LogP contribution >= 0.6 is 11.9 Å². The van der Waals surface area contributed by atoms with Crippen LogP contribution in [0.5, 0.6) is 5.75 Å². The number of rotatable bonds is 9. The number of hydrogen-bond acceptors (Lipinski definition) is 7. The maximum Gasteiger partial charge on any atom is 0.337 e. The summed E-state index contributed by atoms with van der Waals surface area (Å²) in [6.07, 6.45) is 4.60. The topological polar surface area (TPSA) is 61.1 Å². The summed E-state index contributed by atoms with van der Waals surface area (Å²) in [6, 6.07) is 15.8. The van der Waals surface area contributed by atoms with Crippen molar-refractivity contribution in [3.8, 4) is 5.75 Å². The van der Waals surface area contributed by atoms with Crippen molar-refractivity contribution in [3.63, 3.8) is 0 Å². The number of aryl methyl sites for hydroxylation is 3. The Kier molecular flexibility index (Phi) is 6.83. The highest BCUT2D eigenvalue weighted by atomic mass is 32.2. The van der Waals surface area contributed by atoms with Gasteiger partial charge in [0.25, 0.3) is 0 Å². The van der Waals surface area contributed by atoms with Gasteiger partial charge in [-0.25, -0.2) is 4.79 Å². The smallest absolute Gasteiger partial charge is 0.337 e. The Hall–Kier alpha value is -2.90. The van der Waals surface area contributed by atoms with Crippen molar-refractivity contribution in [2.75, 3.05) is 24.6 Å². The summed E-state index contributed by atoms with van der Waals surface area (Å²) in [5.41, 5.74) is 5.31. The van der Waals surface area contributed by atoms with E-state index in [1.165, 1.54) is 24.7 Å². The fourth-order valence-electron chi connectivity index (χ4n) is 4.28. The number of benzene rings is 2. The van der Waals surface area contributed by atoms with Gasteiger partial charge in [-0.15, -0.1) is 0 Å². The highest BCUT2D eigenvalue weighted by Gasteiger charge is 2.27. The van der Waals surface area contributed by atoms with Crippen LogP contribution in [0.25, 0.3) is 0 Å². The first-order valence-electron chi connectivity index (χ1n) is 11.7. The molecule has 6 nitrogen and oxygen atoms in total. The van der Waals surface area contributed by atoms with E-state index in [0.717, 1.165) is 60.3 Å². The van der Waals surface area contributed by atoms with Gasteiger partial charge in [-0.3, -0.25) is 0 Å². The molecule has 1 aromatic heterocycles. The highest BCUT2D eigenvalue weighted by molar-refractivity contribution is 8.00. The van der Waals surface area contributed by atoms with Crippen molar-refractivity contribution in [2.45, 2.75) is 50.4 Å². The third-order valence-electron chi connectivity index (χ3n) is 6.29. The predicted molar refractivity (Wildman–Crippen MR) is 132 cm³/mol. The Balaban J connectivity index is 1.41. The molecule has 2 aromatic carbocycles. The van der Waals surface area contributed by atoms with Crippen LogP contribution in [0.1, 0.15) is 45.7 Å². The summed E-state index contributed by atoms with van der Waals surface area (Å²) >= 11 is 1.58. The molecular weight excluding hydrogens is 450 g/mol. The molecule has 34 heavy (non-hydrogen) atoms. The summed E-state index contributed by atoms with van der Waals surface area (Å²) in [4.78, 5) is 11.7. The Morgan fingerprint density at radius 3 is 2.53 bits per heavy atom. The van der Waals surface area contributed by atoms with Gasteiger partial charge in [-0.1, -0.05) is 12.1 Å². The van der Waals surface area contributed by atoms with E-state index in [1.807, 2.05) is 31.2 Å². The van der Waals surface area contributed by atoms with Gasteiger partial charge < -0.3 is 22.9 Å². The van der Waals surface area contributed by atoms with Gasteiger partial charge >= 0.3 is 5.97 Å². The Labute approximate surface area is 204 Å². The van der Waals surface area contributed by atoms with Gasteiger partial charge in [0.2, 0.25) is 0 Å². The molecule has 3 aromatic rings. The number of anilines is 1. The molecule has 1 atom stereocenters. The van der Waals surface area contributed by atoms with Crippen molar-refractivity contribution in [3.05, 3.63) is 76.5 Å². The van der Waals surface area contributed by atoms with Crippen LogP contribution in [0.15, 0.2) is 58.0 Å². The van der Waals surface area contributed by atoms with E-state index in [9.17, 15) is 4.79 Å². The van der Waals surface area contributed by atoms with Crippen LogP contribution in [0.3, 0.4) is 0 Å². The average Bonchev–Trinajstić information content (AvgIpc) is 3.46. The van der Waals surface area contributed by atoms with E-state index in [0.29, 0.717) is 12.2 Å². The van der Waals surface area contributed by atoms with E-state index in [4.69, 9.17) is 18.6 Å². The number of methoxy groups -OCH3 is 1. The van der Waals surface area contributed by atoms with Crippen molar-refractivity contribution in [2.24, 2.45) is 0 Å². The maximum atomic E-state index is 11.7. The second-order valence-corrected chi connectivity index (χ2v) is 9.74. The minimum absolute atomic E-state index is 0.204. The number of furan rings is 1. The quantitative estimate of drug-likeness (QED) is 0.286. The molecule has 0 spiro atoms. The van der Waals surface area contributed by atoms with Crippen molar-refractivity contribution in [1.82, 2.24) is 0 Å². The van der Waals surface area contributed by atoms with Gasteiger partial charge in [-0.2, -0.15) is 0 Å². The largest absolute Gasteiger partial charge is 0.487 e. The fourth-order valence-corrected chi connectivity index (χ4v) is 5.28. The molecule has 5 rings (SSSR count). The van der Waals surface area contributed by atoms with Gasteiger partial charge in [0.1, 0.15) is 18.1 Å². The zero-order valence-electron chi connectivity index (χ0n) is 19.5. The minimum atomic E-state index is -0.340. The van der Waals surface area contributed by atoms with Crippen molar-refractivity contribution >= 4 is 23.6 Å². The first-order valence-corrected chi connectivity index (χ1v) is 12.5. The molecule has 1 saturated heterocycles. The Bertz CT molecular complexity index is 1150. The SMILES string of the molecule is COC(=O)c1ccc(COc2cc3c(cc2N(CC2CCO2)Sc2ccc(C)o2)CCC3)cc1. The zero-order chi connectivity index (χ0) is 23.5. The molecule has 2 aliphatic rings. The normalized spacial score (nSPS) is 16.6. The molecule has 1 aliphatic heterocycles. The number of esters is 1. The summed E-state index contributed by atoms with van der Waals surface area (Å²) < 4.78 is 25.1. The van der Waals surface area contributed by atoms with Crippen LogP contribution in [0.4, 0.5) is 5.69 Å². The summed E-state index contributed by atoms with van der Waals surface area (Å²) in [7, 11) is 1.39. The summed E-state index contributed by atoms with van der Waals surface area (Å²) in [6.45, 7) is 3.94. The molecule has 0 amide bonds. The van der Waals surface area contributed by atoms with Gasteiger partial charge in [-0.05, 0) is 85.7 Å². The molecule has 1 fully saturated rings. The van der Waals surface area contributed by atoms with E-state index < -0.39 is 0 Å². The van der Waals surface area contributed by atoms with E-state index >= 15 is 0 Å². The van der Waals surface area contributed by atoms with Crippen LogP contribution in [-0.4, -0.2) is 32.3 Å². The van der Waals surface area contributed by atoms with Gasteiger partial charge in [0, 0.05) is 18.6 Å². The van der Waals surface area contributed by atoms with E-state index in [-0.39, 0.29) is 12.1 Å². The molecule has 0 saturated carbocycles. The lowest BCUT2D eigenvalue weighted by atomic mass is 10.1. The maximum absolute atomic E-state index is 11.7. The molecule has 0 radical (unpaired) electrons. The molecular formula is C27H29NO5S. The predicted octanol–water partition coefficient (Wildman–Crippen LogP) is 5.74. The van der Waals surface area contributed by atoms with Crippen molar-refractivity contribution < 1.29 is 23.4 Å². The van der Waals surface area contributed by atoms with Gasteiger partial charge in [0.05, 0.1) is 31.0 Å². The lowest BCUT2D eigenvalue weighted by molar-refractivity contribution is -0.0426. The number of hydrogen-bond donors (Lipinski definition) is 0. The number of carbonyl (C=O) groups is 1. The Morgan fingerprint density at radius 1 is 1.12 bits per heavy atom. The first-order chi connectivity index (χ1) is 16.6. The number of fused-ring (bicyclic) bond motifs is 1. The molecule has 0 bridgehead atoms. The van der Waals surface area contributed by atoms with Crippen LogP contribution in [-0.2, 0) is 28.9 Å². The summed E-state index contributed by atoms with van der Waals surface area (Å²) in [5, 5.41) is 0.849.